The maximum atomic E-state index is 8.50. The Labute approximate surface area is 60.8 Å². The van der Waals surface area contributed by atoms with E-state index in [4.69, 9.17) is 9.52 Å². The van der Waals surface area contributed by atoms with Gasteiger partial charge in [0, 0.05) is 0 Å². The van der Waals surface area contributed by atoms with Gasteiger partial charge in [0.1, 0.15) is 17.0 Å². The molecule has 0 bridgehead atoms. The fourth-order valence-corrected chi connectivity index (χ4v) is 0.776. The van der Waals surface area contributed by atoms with E-state index in [1.165, 1.54) is 0 Å². The second kappa shape index (κ2) is 2.49. The summed E-state index contributed by atoms with van der Waals surface area (Å²) in [5.41, 5.74) is 0. The van der Waals surface area contributed by atoms with Crippen LogP contribution in [0.3, 0.4) is 0 Å². The molecule has 4 heteroatoms. The van der Waals surface area contributed by atoms with Gasteiger partial charge >= 0.3 is 0 Å². The first-order chi connectivity index (χ1) is 4.24. The third kappa shape index (κ3) is 1.31. The van der Waals surface area contributed by atoms with E-state index in [1.54, 1.807) is 6.92 Å². The highest BCUT2D eigenvalue weighted by Crippen LogP contribution is 2.15. The predicted octanol–water partition coefficient (Wildman–Crippen LogP) is 1.24. The first-order valence-corrected chi connectivity index (χ1v) is 3.26. The van der Waals surface area contributed by atoms with Gasteiger partial charge in [-0.2, -0.15) is 0 Å². The summed E-state index contributed by atoms with van der Waals surface area (Å²) in [4.78, 5) is 3.83. The molecule has 1 N–H and O–H groups in total. The molecule has 0 saturated heterocycles. The molecule has 0 atom stereocenters. The van der Waals surface area contributed by atoms with E-state index in [0.29, 0.717) is 16.3 Å². The van der Waals surface area contributed by atoms with Gasteiger partial charge in [-0.1, -0.05) is 0 Å². The number of oxazole rings is 1. The third-order valence-corrected chi connectivity index (χ3v) is 1.66. The zero-order chi connectivity index (χ0) is 6.85. The summed E-state index contributed by atoms with van der Waals surface area (Å²) >= 11 is 3.14. The molecule has 50 valence electrons. The molecule has 1 rings (SSSR count). The summed E-state index contributed by atoms with van der Waals surface area (Å²) in [6.07, 6.45) is 0. The Kier molecular flexibility index (Phi) is 1.87. The summed E-state index contributed by atoms with van der Waals surface area (Å²) in [7, 11) is 0. The van der Waals surface area contributed by atoms with Crippen LogP contribution in [-0.4, -0.2) is 10.1 Å². The number of rotatable bonds is 1. The quantitative estimate of drug-likeness (QED) is 0.727. The van der Waals surface area contributed by atoms with Crippen LogP contribution >= 0.6 is 15.9 Å². The van der Waals surface area contributed by atoms with Crippen molar-refractivity contribution in [1.82, 2.24) is 4.98 Å². The summed E-state index contributed by atoms with van der Waals surface area (Å²) in [5, 5.41) is 8.50. The Hall–Kier alpha value is -0.350. The highest BCUT2D eigenvalue weighted by atomic mass is 79.9. The largest absolute Gasteiger partial charge is 0.442 e. The normalized spacial score (nSPS) is 10.1. The molecule has 0 aromatic carbocycles. The molecule has 3 nitrogen and oxygen atoms in total. The van der Waals surface area contributed by atoms with Gasteiger partial charge in [0.05, 0.1) is 0 Å². The Morgan fingerprint density at radius 1 is 1.78 bits per heavy atom. The molecule has 1 aromatic heterocycles. The summed E-state index contributed by atoms with van der Waals surface area (Å²) < 4.78 is 5.61. The molecular formula is C5H6BrNO2. The second-order valence-electron chi connectivity index (χ2n) is 1.61. The number of hydrogen-bond donors (Lipinski definition) is 1. The van der Waals surface area contributed by atoms with Crippen molar-refractivity contribution in [3.63, 3.8) is 0 Å². The fraction of sp³-hybridized carbons (Fsp3) is 0.400. The van der Waals surface area contributed by atoms with Crippen molar-refractivity contribution in [1.29, 1.82) is 0 Å². The van der Waals surface area contributed by atoms with Crippen molar-refractivity contribution in [3.8, 4) is 0 Å². The smallest absolute Gasteiger partial charge is 0.221 e. The number of nitrogens with zero attached hydrogens (tertiary/aromatic N) is 1. The zero-order valence-corrected chi connectivity index (χ0v) is 6.47. The molecule has 0 saturated carbocycles. The standard InChI is InChI=1S/C5H6BrNO2/c1-3-5(6)7-4(2-8)9-3/h8H,2H2,1H3. The zero-order valence-electron chi connectivity index (χ0n) is 4.89. The van der Waals surface area contributed by atoms with E-state index >= 15 is 0 Å². The molecule has 0 aliphatic carbocycles. The molecule has 1 heterocycles. The molecule has 0 fully saturated rings. The molecule has 0 aliphatic rings. The Balaban J connectivity index is 2.98. The van der Waals surface area contributed by atoms with Crippen LogP contribution in [0.1, 0.15) is 11.7 Å². The van der Waals surface area contributed by atoms with Crippen LogP contribution < -0.4 is 0 Å². The van der Waals surface area contributed by atoms with Crippen LogP contribution in [0.25, 0.3) is 0 Å². The number of aliphatic hydroxyl groups excluding tert-OH is 1. The summed E-state index contributed by atoms with van der Waals surface area (Å²) in [6, 6.07) is 0. The Bertz CT molecular complexity index is 189. The topological polar surface area (TPSA) is 46.3 Å². The van der Waals surface area contributed by atoms with Crippen LogP contribution in [0, 0.1) is 6.92 Å². The number of aliphatic hydroxyl groups is 1. The molecule has 0 spiro atoms. The molecule has 0 radical (unpaired) electrons. The van der Waals surface area contributed by atoms with Crippen LogP contribution in [0.15, 0.2) is 9.02 Å². The monoisotopic (exact) mass is 191 g/mol. The average molecular weight is 192 g/mol. The number of aromatic nitrogens is 1. The van der Waals surface area contributed by atoms with Gasteiger partial charge in [0.2, 0.25) is 5.89 Å². The SMILES string of the molecule is Cc1oc(CO)nc1Br. The van der Waals surface area contributed by atoms with Gasteiger partial charge in [0.15, 0.2) is 0 Å². The Morgan fingerprint density at radius 2 is 2.44 bits per heavy atom. The first-order valence-electron chi connectivity index (χ1n) is 2.46. The highest BCUT2D eigenvalue weighted by Gasteiger charge is 2.03. The lowest BCUT2D eigenvalue weighted by Crippen LogP contribution is -1.78. The van der Waals surface area contributed by atoms with Gasteiger partial charge in [-0.05, 0) is 22.9 Å². The summed E-state index contributed by atoms with van der Waals surface area (Å²) in [5.74, 6) is 1.04. The van der Waals surface area contributed by atoms with E-state index in [2.05, 4.69) is 20.9 Å². The van der Waals surface area contributed by atoms with Crippen LogP contribution in [0.5, 0.6) is 0 Å². The molecule has 0 unspecified atom stereocenters. The first kappa shape index (κ1) is 6.77. The van der Waals surface area contributed by atoms with E-state index < -0.39 is 0 Å². The predicted molar refractivity (Wildman–Crippen MR) is 34.9 cm³/mol. The van der Waals surface area contributed by atoms with Crippen molar-refractivity contribution in [3.05, 3.63) is 16.3 Å². The van der Waals surface area contributed by atoms with Crippen molar-refractivity contribution in [2.24, 2.45) is 0 Å². The van der Waals surface area contributed by atoms with Crippen LogP contribution in [-0.2, 0) is 6.61 Å². The minimum Gasteiger partial charge on any atom is -0.442 e. The molecule has 9 heavy (non-hydrogen) atoms. The minimum absolute atomic E-state index is 0.146. The van der Waals surface area contributed by atoms with Crippen LogP contribution in [0.4, 0.5) is 0 Å². The molecule has 0 amide bonds. The lowest BCUT2D eigenvalue weighted by atomic mass is 10.6. The van der Waals surface area contributed by atoms with Gasteiger partial charge in [-0.15, -0.1) is 0 Å². The van der Waals surface area contributed by atoms with Gasteiger partial charge in [-0.25, -0.2) is 4.98 Å². The van der Waals surface area contributed by atoms with Gasteiger partial charge < -0.3 is 9.52 Å². The van der Waals surface area contributed by atoms with Crippen molar-refractivity contribution in [2.75, 3.05) is 0 Å². The molecule has 1 aromatic rings. The second-order valence-corrected chi connectivity index (χ2v) is 2.36. The van der Waals surface area contributed by atoms with E-state index in [0.717, 1.165) is 0 Å². The maximum absolute atomic E-state index is 8.50. The number of hydrogen-bond acceptors (Lipinski definition) is 3. The highest BCUT2D eigenvalue weighted by molar-refractivity contribution is 9.10. The lowest BCUT2D eigenvalue weighted by Gasteiger charge is -1.80. The van der Waals surface area contributed by atoms with Gasteiger partial charge in [0.25, 0.3) is 0 Å². The van der Waals surface area contributed by atoms with Crippen molar-refractivity contribution >= 4 is 15.9 Å². The van der Waals surface area contributed by atoms with E-state index in [1.807, 2.05) is 0 Å². The summed E-state index contributed by atoms with van der Waals surface area (Å²) in [6.45, 7) is 1.63. The number of aryl methyl sites for hydroxylation is 1. The number of halogens is 1. The van der Waals surface area contributed by atoms with Crippen molar-refractivity contribution in [2.45, 2.75) is 13.5 Å². The maximum Gasteiger partial charge on any atom is 0.221 e. The lowest BCUT2D eigenvalue weighted by molar-refractivity contribution is 0.238. The van der Waals surface area contributed by atoms with Crippen LogP contribution in [0.2, 0.25) is 0 Å². The average Bonchev–Trinajstić information content (AvgIpc) is 2.13. The van der Waals surface area contributed by atoms with E-state index in [9.17, 15) is 0 Å². The minimum atomic E-state index is -0.146. The third-order valence-electron chi connectivity index (χ3n) is 0.920. The van der Waals surface area contributed by atoms with Crippen molar-refractivity contribution < 1.29 is 9.52 Å². The molecule has 0 aliphatic heterocycles. The Morgan fingerprint density at radius 3 is 2.67 bits per heavy atom. The molecular weight excluding hydrogens is 186 g/mol. The fourth-order valence-electron chi connectivity index (χ4n) is 0.497. The van der Waals surface area contributed by atoms with Gasteiger partial charge in [-0.3, -0.25) is 0 Å². The van der Waals surface area contributed by atoms with E-state index in [-0.39, 0.29) is 6.61 Å².